The van der Waals surface area contributed by atoms with Crippen LogP contribution in [-0.2, 0) is 11.2 Å². The third-order valence-corrected chi connectivity index (χ3v) is 4.27. The highest BCUT2D eigenvalue weighted by atomic mass is 16.5. The lowest BCUT2D eigenvalue weighted by atomic mass is 10.0. The molecule has 0 saturated carbocycles. The van der Waals surface area contributed by atoms with E-state index in [9.17, 15) is 4.79 Å². The molecular weight excluding hydrogens is 314 g/mol. The number of aryl methyl sites for hydroxylation is 2. The zero-order valence-corrected chi connectivity index (χ0v) is 15.5. The Morgan fingerprint density at radius 1 is 1.12 bits per heavy atom. The Morgan fingerprint density at radius 3 is 2.40 bits per heavy atom. The highest BCUT2D eigenvalue weighted by Crippen LogP contribution is 2.24. The van der Waals surface area contributed by atoms with Crippen molar-refractivity contribution in [1.82, 2.24) is 5.32 Å². The molecule has 25 heavy (non-hydrogen) atoms. The maximum Gasteiger partial charge on any atom is 0.258 e. The van der Waals surface area contributed by atoms with Crippen LogP contribution in [0.15, 0.2) is 42.5 Å². The van der Waals surface area contributed by atoms with E-state index in [0.717, 1.165) is 29.7 Å². The van der Waals surface area contributed by atoms with Gasteiger partial charge in [-0.15, -0.1) is 0 Å². The maximum atomic E-state index is 12.2. The first-order chi connectivity index (χ1) is 12.1. The summed E-state index contributed by atoms with van der Waals surface area (Å²) in [5.74, 6) is 1.43. The molecule has 0 unspecified atom stereocenters. The number of hydrogen-bond donors (Lipinski definition) is 1. The summed E-state index contributed by atoms with van der Waals surface area (Å²) in [5.41, 5.74) is 3.37. The van der Waals surface area contributed by atoms with Gasteiger partial charge >= 0.3 is 0 Å². The standard InChI is InChI=1S/C21H27NO3/c1-5-16-7-10-18(11-8-16)25-14-21(23)22-19(6-2)17-9-12-20(24-4)15(3)13-17/h7-13,19H,5-6,14H2,1-4H3,(H,22,23)/t19-/m1/s1. The van der Waals surface area contributed by atoms with Crippen molar-refractivity contribution in [3.05, 3.63) is 59.2 Å². The molecule has 1 amide bonds. The van der Waals surface area contributed by atoms with Gasteiger partial charge in [-0.05, 0) is 54.7 Å². The smallest absolute Gasteiger partial charge is 0.258 e. The van der Waals surface area contributed by atoms with E-state index in [-0.39, 0.29) is 18.6 Å². The van der Waals surface area contributed by atoms with E-state index in [1.165, 1.54) is 5.56 Å². The molecule has 1 atom stereocenters. The van der Waals surface area contributed by atoms with Gasteiger partial charge in [0.25, 0.3) is 5.91 Å². The predicted molar refractivity (Wildman–Crippen MR) is 100 cm³/mol. The third kappa shape index (κ3) is 5.24. The van der Waals surface area contributed by atoms with Crippen LogP contribution in [0.1, 0.15) is 43.0 Å². The van der Waals surface area contributed by atoms with Crippen molar-refractivity contribution in [2.75, 3.05) is 13.7 Å². The Balaban J connectivity index is 1.93. The van der Waals surface area contributed by atoms with E-state index in [2.05, 4.69) is 25.2 Å². The second-order valence-corrected chi connectivity index (χ2v) is 6.04. The van der Waals surface area contributed by atoms with Crippen LogP contribution in [0.3, 0.4) is 0 Å². The van der Waals surface area contributed by atoms with Crippen molar-refractivity contribution < 1.29 is 14.3 Å². The van der Waals surface area contributed by atoms with Gasteiger partial charge in [0.2, 0.25) is 0 Å². The van der Waals surface area contributed by atoms with Gasteiger partial charge in [0.05, 0.1) is 13.2 Å². The van der Waals surface area contributed by atoms with E-state index < -0.39 is 0 Å². The number of hydrogen-bond acceptors (Lipinski definition) is 3. The third-order valence-electron chi connectivity index (χ3n) is 4.27. The molecule has 0 aromatic heterocycles. The SMILES string of the molecule is CCc1ccc(OCC(=O)N[C@H](CC)c2ccc(OC)c(C)c2)cc1. The van der Waals surface area contributed by atoms with Crippen molar-refractivity contribution in [2.45, 2.75) is 39.7 Å². The van der Waals surface area contributed by atoms with Crippen molar-refractivity contribution in [3.8, 4) is 11.5 Å². The van der Waals surface area contributed by atoms with Crippen LogP contribution in [0.25, 0.3) is 0 Å². The average Bonchev–Trinajstić information content (AvgIpc) is 2.64. The van der Waals surface area contributed by atoms with Crippen LogP contribution in [0.5, 0.6) is 11.5 Å². The fourth-order valence-corrected chi connectivity index (χ4v) is 2.75. The molecule has 4 heteroatoms. The molecular formula is C21H27NO3. The summed E-state index contributed by atoms with van der Waals surface area (Å²) in [6, 6.07) is 13.8. The molecule has 2 aromatic carbocycles. The lowest BCUT2D eigenvalue weighted by molar-refractivity contribution is -0.123. The van der Waals surface area contributed by atoms with Gasteiger partial charge in [-0.3, -0.25) is 4.79 Å². The van der Waals surface area contributed by atoms with Gasteiger partial charge in [0.1, 0.15) is 11.5 Å². The van der Waals surface area contributed by atoms with E-state index in [1.54, 1.807) is 7.11 Å². The molecule has 0 saturated heterocycles. The number of benzene rings is 2. The molecule has 0 bridgehead atoms. The average molecular weight is 341 g/mol. The lowest BCUT2D eigenvalue weighted by Gasteiger charge is -2.19. The first kappa shape index (κ1) is 18.8. The largest absolute Gasteiger partial charge is 0.496 e. The second kappa shape index (κ2) is 9.11. The number of nitrogens with one attached hydrogen (secondary N) is 1. The van der Waals surface area contributed by atoms with E-state index in [1.807, 2.05) is 43.3 Å². The topological polar surface area (TPSA) is 47.6 Å². The quantitative estimate of drug-likeness (QED) is 0.782. The first-order valence-corrected chi connectivity index (χ1v) is 8.73. The normalized spacial score (nSPS) is 11.7. The molecule has 4 nitrogen and oxygen atoms in total. The van der Waals surface area contributed by atoms with E-state index >= 15 is 0 Å². The van der Waals surface area contributed by atoms with Gasteiger partial charge in [-0.25, -0.2) is 0 Å². The van der Waals surface area contributed by atoms with Crippen molar-refractivity contribution in [2.24, 2.45) is 0 Å². The minimum absolute atomic E-state index is 0.0110. The summed E-state index contributed by atoms with van der Waals surface area (Å²) in [5, 5.41) is 3.04. The van der Waals surface area contributed by atoms with Crippen molar-refractivity contribution in [1.29, 1.82) is 0 Å². The zero-order valence-electron chi connectivity index (χ0n) is 15.5. The Labute approximate surface area is 150 Å². The lowest BCUT2D eigenvalue weighted by Crippen LogP contribution is -2.32. The van der Waals surface area contributed by atoms with Crippen LogP contribution in [-0.4, -0.2) is 19.6 Å². The van der Waals surface area contributed by atoms with Crippen LogP contribution < -0.4 is 14.8 Å². The van der Waals surface area contributed by atoms with Crippen LogP contribution in [0.2, 0.25) is 0 Å². The molecule has 2 aromatic rings. The van der Waals surface area contributed by atoms with Crippen molar-refractivity contribution in [3.63, 3.8) is 0 Å². The number of methoxy groups -OCH3 is 1. The minimum atomic E-state index is -0.125. The Kier molecular flexibility index (Phi) is 6.87. The maximum absolute atomic E-state index is 12.2. The molecule has 0 aliphatic rings. The highest BCUT2D eigenvalue weighted by molar-refractivity contribution is 5.78. The molecule has 0 radical (unpaired) electrons. The Morgan fingerprint density at radius 2 is 1.84 bits per heavy atom. The van der Waals surface area contributed by atoms with E-state index in [4.69, 9.17) is 9.47 Å². The Hall–Kier alpha value is -2.49. The fraction of sp³-hybridized carbons (Fsp3) is 0.381. The van der Waals surface area contributed by atoms with E-state index in [0.29, 0.717) is 5.75 Å². The summed E-state index contributed by atoms with van der Waals surface area (Å²) in [6.07, 6.45) is 1.79. The fourth-order valence-electron chi connectivity index (χ4n) is 2.75. The molecule has 1 N–H and O–H groups in total. The second-order valence-electron chi connectivity index (χ2n) is 6.04. The van der Waals surface area contributed by atoms with Gasteiger partial charge in [0, 0.05) is 0 Å². The van der Waals surface area contributed by atoms with Crippen LogP contribution in [0, 0.1) is 6.92 Å². The van der Waals surface area contributed by atoms with Gasteiger partial charge in [0.15, 0.2) is 6.61 Å². The predicted octanol–water partition coefficient (Wildman–Crippen LogP) is 4.21. The molecule has 0 aliphatic carbocycles. The van der Waals surface area contributed by atoms with Gasteiger partial charge in [-0.1, -0.05) is 38.1 Å². The summed E-state index contributed by atoms with van der Waals surface area (Å²) in [7, 11) is 1.66. The minimum Gasteiger partial charge on any atom is -0.496 e. The Bertz CT molecular complexity index is 695. The summed E-state index contributed by atoms with van der Waals surface area (Å²) in [6.45, 7) is 6.17. The van der Waals surface area contributed by atoms with Crippen molar-refractivity contribution >= 4 is 5.91 Å². The molecule has 2 rings (SSSR count). The molecule has 0 spiro atoms. The number of amides is 1. The van der Waals surface area contributed by atoms with Gasteiger partial charge in [-0.2, -0.15) is 0 Å². The summed E-state index contributed by atoms with van der Waals surface area (Å²) in [4.78, 5) is 12.2. The molecule has 0 aliphatic heterocycles. The number of ether oxygens (including phenoxy) is 2. The summed E-state index contributed by atoms with van der Waals surface area (Å²) < 4.78 is 10.9. The number of carbonyl (C=O) groups is 1. The molecule has 0 fully saturated rings. The monoisotopic (exact) mass is 341 g/mol. The first-order valence-electron chi connectivity index (χ1n) is 8.73. The summed E-state index contributed by atoms with van der Waals surface area (Å²) >= 11 is 0. The van der Waals surface area contributed by atoms with Crippen LogP contribution >= 0.6 is 0 Å². The number of carbonyl (C=O) groups excluding carboxylic acids is 1. The van der Waals surface area contributed by atoms with Gasteiger partial charge < -0.3 is 14.8 Å². The molecule has 134 valence electrons. The highest BCUT2D eigenvalue weighted by Gasteiger charge is 2.14. The van der Waals surface area contributed by atoms with Crippen LogP contribution in [0.4, 0.5) is 0 Å². The number of rotatable bonds is 8. The molecule has 0 heterocycles. The zero-order chi connectivity index (χ0) is 18.2.